The highest BCUT2D eigenvalue weighted by atomic mass is 35.5. The molecule has 0 heterocycles. The Kier molecular flexibility index (Phi) is 6.07. The van der Waals surface area contributed by atoms with Crippen molar-refractivity contribution in [2.24, 2.45) is 17.6 Å². The van der Waals surface area contributed by atoms with Crippen molar-refractivity contribution in [2.75, 3.05) is 6.54 Å². The maximum atomic E-state index is 11.1. The van der Waals surface area contributed by atoms with Gasteiger partial charge in [0.05, 0.1) is 0 Å². The molecule has 0 spiro atoms. The third-order valence-corrected chi connectivity index (χ3v) is 4.98. The standard InChI is InChI=1S/C17H25ClN2O/c1-2-12-3-5-13(6-4-12)10-20-11-15-8-7-14(17(19)21)9-16(15)18/h7-9,12-13,20H,2-6,10-11H2,1H3,(H2,19,21). The molecule has 3 N–H and O–H groups in total. The van der Waals surface area contributed by atoms with E-state index in [-0.39, 0.29) is 0 Å². The van der Waals surface area contributed by atoms with Crippen molar-refractivity contribution in [3.63, 3.8) is 0 Å². The van der Waals surface area contributed by atoms with E-state index in [2.05, 4.69) is 12.2 Å². The molecule has 0 saturated heterocycles. The summed E-state index contributed by atoms with van der Waals surface area (Å²) in [6.07, 6.45) is 6.73. The maximum Gasteiger partial charge on any atom is 0.248 e. The largest absolute Gasteiger partial charge is 0.366 e. The summed E-state index contributed by atoms with van der Waals surface area (Å²) in [4.78, 5) is 11.1. The van der Waals surface area contributed by atoms with Crippen LogP contribution in [0.2, 0.25) is 5.02 Å². The molecule has 0 aliphatic heterocycles. The number of carbonyl (C=O) groups is 1. The SMILES string of the molecule is CCC1CCC(CNCc2ccc(C(N)=O)cc2Cl)CC1. The Hall–Kier alpha value is -1.06. The van der Waals surface area contributed by atoms with E-state index in [0.717, 1.165) is 30.5 Å². The number of amides is 1. The van der Waals surface area contributed by atoms with Gasteiger partial charge in [-0.25, -0.2) is 0 Å². The van der Waals surface area contributed by atoms with Crippen molar-refractivity contribution in [1.82, 2.24) is 5.32 Å². The molecule has 1 aliphatic rings. The van der Waals surface area contributed by atoms with Crippen LogP contribution in [0.15, 0.2) is 18.2 Å². The molecule has 1 amide bonds. The van der Waals surface area contributed by atoms with Crippen LogP contribution in [0.25, 0.3) is 0 Å². The third-order valence-electron chi connectivity index (χ3n) is 4.63. The second kappa shape index (κ2) is 7.81. The smallest absolute Gasteiger partial charge is 0.248 e. The average molecular weight is 309 g/mol. The summed E-state index contributed by atoms with van der Waals surface area (Å²) in [5.41, 5.74) is 6.72. The number of nitrogens with two attached hydrogens (primary N) is 1. The summed E-state index contributed by atoms with van der Waals surface area (Å²) in [6, 6.07) is 5.26. The van der Waals surface area contributed by atoms with Gasteiger partial charge in [-0.2, -0.15) is 0 Å². The second-order valence-electron chi connectivity index (χ2n) is 6.10. The van der Waals surface area contributed by atoms with Crippen LogP contribution in [0.3, 0.4) is 0 Å². The predicted octanol–water partition coefficient (Wildman–Crippen LogP) is 3.74. The normalized spacial score (nSPS) is 22.2. The number of carbonyl (C=O) groups excluding carboxylic acids is 1. The molecule has 0 bridgehead atoms. The van der Waals surface area contributed by atoms with Crippen LogP contribution in [0.4, 0.5) is 0 Å². The van der Waals surface area contributed by atoms with Gasteiger partial charge in [0.1, 0.15) is 0 Å². The lowest BCUT2D eigenvalue weighted by molar-refractivity contribution is 0.100. The zero-order valence-electron chi connectivity index (χ0n) is 12.7. The zero-order valence-corrected chi connectivity index (χ0v) is 13.5. The van der Waals surface area contributed by atoms with Crippen LogP contribution >= 0.6 is 11.6 Å². The van der Waals surface area contributed by atoms with Gasteiger partial charge in [-0.05, 0) is 48.9 Å². The molecule has 2 rings (SSSR count). The first-order valence-corrected chi connectivity index (χ1v) is 8.27. The lowest BCUT2D eigenvalue weighted by Crippen LogP contribution is -2.26. The molecule has 1 aromatic carbocycles. The van der Waals surface area contributed by atoms with Gasteiger partial charge in [0.15, 0.2) is 0 Å². The fraction of sp³-hybridized carbons (Fsp3) is 0.588. The topological polar surface area (TPSA) is 55.1 Å². The Labute approximate surface area is 132 Å². The van der Waals surface area contributed by atoms with Gasteiger partial charge in [-0.1, -0.05) is 43.9 Å². The van der Waals surface area contributed by atoms with Crippen LogP contribution in [0, 0.1) is 11.8 Å². The number of hydrogen-bond acceptors (Lipinski definition) is 2. The van der Waals surface area contributed by atoms with Crippen molar-refractivity contribution in [2.45, 2.75) is 45.6 Å². The maximum absolute atomic E-state index is 11.1. The highest BCUT2D eigenvalue weighted by molar-refractivity contribution is 6.31. The summed E-state index contributed by atoms with van der Waals surface area (Å²) in [5.74, 6) is 1.29. The van der Waals surface area contributed by atoms with Crippen molar-refractivity contribution >= 4 is 17.5 Å². The molecule has 0 atom stereocenters. The lowest BCUT2D eigenvalue weighted by atomic mass is 9.81. The third kappa shape index (κ3) is 4.72. The van der Waals surface area contributed by atoms with Gasteiger partial charge >= 0.3 is 0 Å². The van der Waals surface area contributed by atoms with E-state index in [1.54, 1.807) is 12.1 Å². The Morgan fingerprint density at radius 2 is 1.95 bits per heavy atom. The predicted molar refractivity (Wildman–Crippen MR) is 87.4 cm³/mol. The molecule has 1 saturated carbocycles. The minimum atomic E-state index is -0.441. The van der Waals surface area contributed by atoms with Gasteiger partial charge in [0.25, 0.3) is 0 Å². The Balaban J connectivity index is 1.77. The Morgan fingerprint density at radius 3 is 2.52 bits per heavy atom. The molecule has 3 nitrogen and oxygen atoms in total. The van der Waals surface area contributed by atoms with E-state index in [1.165, 1.54) is 32.1 Å². The lowest BCUT2D eigenvalue weighted by Gasteiger charge is -2.28. The first-order chi connectivity index (χ1) is 10.1. The summed E-state index contributed by atoms with van der Waals surface area (Å²) in [6.45, 7) is 4.08. The van der Waals surface area contributed by atoms with Crippen LogP contribution in [-0.4, -0.2) is 12.5 Å². The van der Waals surface area contributed by atoms with E-state index >= 15 is 0 Å². The van der Waals surface area contributed by atoms with Crippen molar-refractivity contribution < 1.29 is 4.79 Å². The van der Waals surface area contributed by atoms with E-state index in [4.69, 9.17) is 17.3 Å². The molecule has 0 unspecified atom stereocenters. The van der Waals surface area contributed by atoms with Crippen molar-refractivity contribution in [3.05, 3.63) is 34.3 Å². The van der Waals surface area contributed by atoms with Gasteiger partial charge in [-0.3, -0.25) is 4.79 Å². The summed E-state index contributed by atoms with van der Waals surface area (Å²) >= 11 is 6.19. The second-order valence-corrected chi connectivity index (χ2v) is 6.50. The summed E-state index contributed by atoms with van der Waals surface area (Å²) < 4.78 is 0. The fourth-order valence-electron chi connectivity index (χ4n) is 3.10. The first kappa shape index (κ1) is 16.3. The molecule has 21 heavy (non-hydrogen) atoms. The summed E-state index contributed by atoms with van der Waals surface area (Å²) in [7, 11) is 0. The molecule has 116 valence electrons. The van der Waals surface area contributed by atoms with Crippen LogP contribution in [0.1, 0.15) is 54.9 Å². The van der Waals surface area contributed by atoms with E-state index in [0.29, 0.717) is 10.6 Å². The first-order valence-electron chi connectivity index (χ1n) is 7.89. The van der Waals surface area contributed by atoms with Crippen molar-refractivity contribution in [1.29, 1.82) is 0 Å². The molecule has 4 heteroatoms. The van der Waals surface area contributed by atoms with Crippen LogP contribution in [0.5, 0.6) is 0 Å². The number of primary amides is 1. The van der Waals surface area contributed by atoms with Gasteiger partial charge in [0, 0.05) is 17.1 Å². The quantitative estimate of drug-likeness (QED) is 0.841. The number of halogens is 1. The summed E-state index contributed by atoms with van der Waals surface area (Å²) in [5, 5.41) is 4.10. The van der Waals surface area contributed by atoms with Crippen LogP contribution < -0.4 is 11.1 Å². The number of nitrogens with one attached hydrogen (secondary N) is 1. The minimum absolute atomic E-state index is 0.441. The monoisotopic (exact) mass is 308 g/mol. The Bertz CT molecular complexity index is 482. The zero-order chi connectivity index (χ0) is 15.2. The molecule has 1 aromatic rings. The van der Waals surface area contributed by atoms with Crippen LogP contribution in [-0.2, 0) is 6.54 Å². The number of benzene rings is 1. The number of hydrogen-bond donors (Lipinski definition) is 2. The van der Waals surface area contributed by atoms with Gasteiger partial charge in [0.2, 0.25) is 5.91 Å². The Morgan fingerprint density at radius 1 is 1.29 bits per heavy atom. The van der Waals surface area contributed by atoms with E-state index in [1.807, 2.05) is 6.07 Å². The average Bonchev–Trinajstić information content (AvgIpc) is 2.49. The van der Waals surface area contributed by atoms with Gasteiger partial charge in [-0.15, -0.1) is 0 Å². The fourth-order valence-corrected chi connectivity index (χ4v) is 3.35. The van der Waals surface area contributed by atoms with Gasteiger partial charge < -0.3 is 11.1 Å². The molecular weight excluding hydrogens is 284 g/mol. The van der Waals surface area contributed by atoms with Crippen molar-refractivity contribution in [3.8, 4) is 0 Å². The van der Waals surface area contributed by atoms with E-state index < -0.39 is 5.91 Å². The molecular formula is C17H25ClN2O. The number of rotatable bonds is 6. The highest BCUT2D eigenvalue weighted by Crippen LogP contribution is 2.30. The molecule has 0 radical (unpaired) electrons. The minimum Gasteiger partial charge on any atom is -0.366 e. The highest BCUT2D eigenvalue weighted by Gasteiger charge is 2.19. The van der Waals surface area contributed by atoms with E-state index in [9.17, 15) is 4.79 Å². The molecule has 1 fully saturated rings. The molecule has 0 aromatic heterocycles. The molecule has 1 aliphatic carbocycles.